The molecule has 0 spiro atoms. The van der Waals surface area contributed by atoms with Crippen molar-refractivity contribution in [2.24, 2.45) is 0 Å². The quantitative estimate of drug-likeness (QED) is 0.773. The standard InChI is InChI=1S/C18H26N2O6/c1-2-24-18(22)20-7-5-19(6-8-20)10-15(21)12-23-11-14-3-4-16-17(9-14)26-13-25-16/h3-4,9,15,21H,2,5-8,10-13H2,1H3. The Balaban J connectivity index is 1.33. The molecule has 8 nitrogen and oxygen atoms in total. The molecule has 0 bridgehead atoms. The smallest absolute Gasteiger partial charge is 0.409 e. The van der Waals surface area contributed by atoms with Gasteiger partial charge in [0.15, 0.2) is 11.5 Å². The van der Waals surface area contributed by atoms with E-state index >= 15 is 0 Å². The lowest BCUT2D eigenvalue weighted by molar-refractivity contribution is 0.00117. The van der Waals surface area contributed by atoms with E-state index in [0.717, 1.165) is 30.2 Å². The zero-order valence-corrected chi connectivity index (χ0v) is 15.1. The molecule has 3 rings (SSSR count). The van der Waals surface area contributed by atoms with Crippen LogP contribution in [0.5, 0.6) is 11.5 Å². The first-order valence-corrected chi connectivity index (χ1v) is 8.94. The fourth-order valence-corrected chi connectivity index (χ4v) is 3.02. The van der Waals surface area contributed by atoms with Crippen LogP contribution in [-0.2, 0) is 16.1 Å². The minimum Gasteiger partial charge on any atom is -0.454 e. The second kappa shape index (κ2) is 9.07. The van der Waals surface area contributed by atoms with Gasteiger partial charge in [0.1, 0.15) is 0 Å². The zero-order valence-electron chi connectivity index (χ0n) is 15.1. The van der Waals surface area contributed by atoms with Gasteiger partial charge < -0.3 is 29.0 Å². The first-order valence-electron chi connectivity index (χ1n) is 8.94. The van der Waals surface area contributed by atoms with Crippen molar-refractivity contribution in [1.29, 1.82) is 0 Å². The highest BCUT2D eigenvalue weighted by atomic mass is 16.7. The number of β-amino-alcohol motifs (C(OH)–C–C–N with tert-alkyl or cyclic N) is 1. The topological polar surface area (TPSA) is 80.7 Å². The Labute approximate surface area is 153 Å². The van der Waals surface area contributed by atoms with Gasteiger partial charge in [-0.1, -0.05) is 6.07 Å². The molecule has 1 N–H and O–H groups in total. The van der Waals surface area contributed by atoms with Gasteiger partial charge in [-0.05, 0) is 24.6 Å². The van der Waals surface area contributed by atoms with E-state index in [0.29, 0.717) is 32.8 Å². The highest BCUT2D eigenvalue weighted by Gasteiger charge is 2.23. The molecule has 0 aromatic heterocycles. The summed E-state index contributed by atoms with van der Waals surface area (Å²) in [5.74, 6) is 1.47. The van der Waals surface area contributed by atoms with Crippen molar-refractivity contribution in [1.82, 2.24) is 9.80 Å². The Bertz CT molecular complexity index is 603. The summed E-state index contributed by atoms with van der Waals surface area (Å²) in [6.45, 7) is 6.30. The second-order valence-corrected chi connectivity index (χ2v) is 6.34. The molecule has 1 aromatic carbocycles. The number of benzene rings is 1. The molecule has 1 aromatic rings. The monoisotopic (exact) mass is 366 g/mol. The fraction of sp³-hybridized carbons (Fsp3) is 0.611. The van der Waals surface area contributed by atoms with Crippen molar-refractivity contribution < 1.29 is 28.8 Å². The predicted molar refractivity (Wildman–Crippen MR) is 93.3 cm³/mol. The summed E-state index contributed by atoms with van der Waals surface area (Å²) in [7, 11) is 0. The number of hydrogen-bond acceptors (Lipinski definition) is 7. The molecule has 1 fully saturated rings. The number of nitrogens with zero attached hydrogens (tertiary/aromatic N) is 2. The van der Waals surface area contributed by atoms with Crippen molar-refractivity contribution >= 4 is 6.09 Å². The minimum atomic E-state index is -0.571. The number of carbonyl (C=O) groups excluding carboxylic acids is 1. The molecule has 1 unspecified atom stereocenters. The van der Waals surface area contributed by atoms with E-state index in [1.165, 1.54) is 0 Å². The summed E-state index contributed by atoms with van der Waals surface area (Å²) >= 11 is 0. The molecule has 0 aliphatic carbocycles. The van der Waals surface area contributed by atoms with Crippen LogP contribution in [0.1, 0.15) is 12.5 Å². The third-order valence-electron chi connectivity index (χ3n) is 4.38. The normalized spacial score (nSPS) is 18.0. The Morgan fingerprint density at radius 1 is 1.23 bits per heavy atom. The number of rotatable bonds is 7. The molecule has 144 valence electrons. The molecule has 8 heteroatoms. The van der Waals surface area contributed by atoms with Crippen molar-refractivity contribution in [2.45, 2.75) is 19.6 Å². The summed E-state index contributed by atoms with van der Waals surface area (Å²) in [5, 5.41) is 10.2. The molecule has 1 saturated heterocycles. The van der Waals surface area contributed by atoms with Crippen LogP contribution in [0.2, 0.25) is 0 Å². The lowest BCUT2D eigenvalue weighted by Crippen LogP contribution is -2.50. The molecule has 1 atom stereocenters. The van der Waals surface area contributed by atoms with Crippen LogP contribution in [0.25, 0.3) is 0 Å². The zero-order chi connectivity index (χ0) is 18.4. The molecule has 2 aliphatic rings. The molecule has 2 heterocycles. The molecule has 26 heavy (non-hydrogen) atoms. The maximum Gasteiger partial charge on any atom is 0.409 e. The Morgan fingerprint density at radius 2 is 2.00 bits per heavy atom. The van der Waals surface area contributed by atoms with Gasteiger partial charge in [0.2, 0.25) is 6.79 Å². The average Bonchev–Trinajstić information content (AvgIpc) is 3.10. The van der Waals surface area contributed by atoms with Gasteiger partial charge in [0.05, 0.1) is 25.9 Å². The summed E-state index contributed by atoms with van der Waals surface area (Å²) < 4.78 is 21.2. The minimum absolute atomic E-state index is 0.252. The molecular formula is C18H26N2O6. The summed E-state index contributed by atoms with van der Waals surface area (Å²) in [4.78, 5) is 15.5. The molecule has 1 amide bonds. The largest absolute Gasteiger partial charge is 0.454 e. The van der Waals surface area contributed by atoms with Crippen molar-refractivity contribution in [2.75, 3.05) is 52.7 Å². The lowest BCUT2D eigenvalue weighted by atomic mass is 10.2. The van der Waals surface area contributed by atoms with E-state index in [9.17, 15) is 9.90 Å². The second-order valence-electron chi connectivity index (χ2n) is 6.34. The van der Waals surface area contributed by atoms with E-state index in [2.05, 4.69) is 4.90 Å². The van der Waals surface area contributed by atoms with Crippen molar-refractivity contribution in [3.8, 4) is 11.5 Å². The van der Waals surface area contributed by atoms with E-state index in [1.54, 1.807) is 11.8 Å². The number of amides is 1. The van der Waals surface area contributed by atoms with E-state index in [1.807, 2.05) is 18.2 Å². The van der Waals surface area contributed by atoms with Gasteiger partial charge >= 0.3 is 6.09 Å². The van der Waals surface area contributed by atoms with Crippen LogP contribution in [0.15, 0.2) is 18.2 Å². The number of aliphatic hydroxyl groups is 1. The number of piperazine rings is 1. The van der Waals surface area contributed by atoms with Crippen LogP contribution in [0.4, 0.5) is 4.79 Å². The van der Waals surface area contributed by atoms with Gasteiger partial charge in [-0.15, -0.1) is 0 Å². The van der Waals surface area contributed by atoms with Gasteiger partial charge in [0.25, 0.3) is 0 Å². The Kier molecular flexibility index (Phi) is 6.54. The molecule has 0 saturated carbocycles. The van der Waals surface area contributed by atoms with Crippen molar-refractivity contribution in [3.05, 3.63) is 23.8 Å². The van der Waals surface area contributed by atoms with Crippen LogP contribution in [-0.4, -0.2) is 79.8 Å². The fourth-order valence-electron chi connectivity index (χ4n) is 3.02. The molecular weight excluding hydrogens is 340 g/mol. The van der Waals surface area contributed by atoms with Gasteiger partial charge in [-0.3, -0.25) is 4.90 Å². The first kappa shape index (κ1) is 18.8. The molecule has 0 radical (unpaired) electrons. The summed E-state index contributed by atoms with van der Waals surface area (Å²) in [5.41, 5.74) is 0.976. The van der Waals surface area contributed by atoms with Gasteiger partial charge in [-0.2, -0.15) is 0 Å². The molecule has 2 aliphatic heterocycles. The number of ether oxygens (including phenoxy) is 4. The van der Waals surface area contributed by atoms with E-state index in [4.69, 9.17) is 18.9 Å². The Hall–Kier alpha value is -2.03. The SMILES string of the molecule is CCOC(=O)N1CCN(CC(O)COCc2ccc3c(c2)OCO3)CC1. The van der Waals surface area contributed by atoms with Crippen LogP contribution in [0.3, 0.4) is 0 Å². The van der Waals surface area contributed by atoms with Crippen LogP contribution < -0.4 is 9.47 Å². The van der Waals surface area contributed by atoms with Gasteiger partial charge in [0, 0.05) is 32.7 Å². The number of fused-ring (bicyclic) bond motifs is 1. The predicted octanol–water partition coefficient (Wildman–Crippen LogP) is 1.07. The van der Waals surface area contributed by atoms with Gasteiger partial charge in [-0.25, -0.2) is 4.79 Å². The third kappa shape index (κ3) is 5.00. The highest BCUT2D eigenvalue weighted by molar-refractivity contribution is 5.67. The van der Waals surface area contributed by atoms with Crippen molar-refractivity contribution in [3.63, 3.8) is 0 Å². The van der Waals surface area contributed by atoms with E-state index in [-0.39, 0.29) is 19.5 Å². The first-order chi connectivity index (χ1) is 12.7. The summed E-state index contributed by atoms with van der Waals surface area (Å²) in [6.07, 6.45) is -0.835. The average molecular weight is 366 g/mol. The highest BCUT2D eigenvalue weighted by Crippen LogP contribution is 2.32. The number of hydrogen-bond donors (Lipinski definition) is 1. The summed E-state index contributed by atoms with van der Waals surface area (Å²) in [6, 6.07) is 5.68. The van der Waals surface area contributed by atoms with Crippen LogP contribution in [0, 0.1) is 0 Å². The van der Waals surface area contributed by atoms with E-state index < -0.39 is 6.10 Å². The number of carbonyl (C=O) groups is 1. The maximum absolute atomic E-state index is 11.7. The maximum atomic E-state index is 11.7. The number of aliphatic hydroxyl groups excluding tert-OH is 1. The third-order valence-corrected chi connectivity index (χ3v) is 4.38. The Morgan fingerprint density at radius 3 is 2.77 bits per heavy atom. The lowest BCUT2D eigenvalue weighted by Gasteiger charge is -2.34. The van der Waals surface area contributed by atoms with Crippen LogP contribution >= 0.6 is 0 Å².